The van der Waals surface area contributed by atoms with Crippen LogP contribution < -0.4 is 5.32 Å². The molecule has 16 heavy (non-hydrogen) atoms. The van der Waals surface area contributed by atoms with Crippen molar-refractivity contribution in [2.45, 2.75) is 39.8 Å². The van der Waals surface area contributed by atoms with Gasteiger partial charge < -0.3 is 10.1 Å². The number of ether oxygens (including phenoxy) is 1. The number of nitrogens with zero attached hydrogens (tertiary/aromatic N) is 2. The van der Waals surface area contributed by atoms with Gasteiger partial charge in [-0.15, -0.1) is 0 Å². The molecule has 3 heterocycles. The molecule has 1 aromatic heterocycles. The van der Waals surface area contributed by atoms with Crippen LogP contribution in [0.25, 0.3) is 0 Å². The number of fused-ring (bicyclic) bond motifs is 1. The molecular formula is C12H21N3O. The normalized spacial score (nSPS) is 19.4. The van der Waals surface area contributed by atoms with Crippen molar-refractivity contribution in [3.63, 3.8) is 0 Å². The lowest BCUT2D eigenvalue weighted by molar-refractivity contribution is -0.0301. The molecule has 1 N–H and O–H groups in total. The maximum atomic E-state index is 5.21. The van der Waals surface area contributed by atoms with Crippen LogP contribution in [-0.2, 0) is 17.7 Å². The molecule has 0 atom stereocenters. The van der Waals surface area contributed by atoms with Crippen LogP contribution in [0, 0.1) is 6.92 Å². The highest BCUT2D eigenvalue weighted by molar-refractivity contribution is 5.28. The Bertz CT molecular complexity index is 355. The zero-order valence-corrected chi connectivity index (χ0v) is 10.4. The van der Waals surface area contributed by atoms with Crippen molar-refractivity contribution in [1.29, 1.82) is 0 Å². The van der Waals surface area contributed by atoms with Crippen LogP contribution >= 0.6 is 0 Å². The summed E-state index contributed by atoms with van der Waals surface area (Å²) >= 11 is 0. The molecule has 0 aromatic carbocycles. The lowest BCUT2D eigenvalue weighted by atomic mass is 10.1. The Hall–Kier alpha value is -0.870. The van der Waals surface area contributed by atoms with Gasteiger partial charge in [-0.1, -0.05) is 13.8 Å². The average molecular weight is 223 g/mol. The molecule has 0 unspecified atom stereocenters. The predicted octanol–water partition coefficient (Wildman–Crippen LogP) is 1.43. The summed E-state index contributed by atoms with van der Waals surface area (Å²) in [7, 11) is 0. The highest BCUT2D eigenvalue weighted by atomic mass is 16.5. The number of nitrogens with one attached hydrogen (secondary N) is 1. The van der Waals surface area contributed by atoms with E-state index in [9.17, 15) is 0 Å². The fourth-order valence-corrected chi connectivity index (χ4v) is 2.23. The van der Waals surface area contributed by atoms with Gasteiger partial charge in [0.2, 0.25) is 0 Å². The lowest BCUT2D eigenvalue weighted by Gasteiger charge is -2.28. The van der Waals surface area contributed by atoms with E-state index >= 15 is 0 Å². The van der Waals surface area contributed by atoms with E-state index in [0.717, 1.165) is 32.7 Å². The molecule has 90 valence electrons. The van der Waals surface area contributed by atoms with Crippen LogP contribution in [0.15, 0.2) is 0 Å². The first-order valence-electron chi connectivity index (χ1n) is 6.21. The quantitative estimate of drug-likeness (QED) is 0.783. The Kier molecular flexibility index (Phi) is 3.61. The van der Waals surface area contributed by atoms with Crippen molar-refractivity contribution < 1.29 is 4.74 Å². The van der Waals surface area contributed by atoms with Crippen molar-refractivity contribution >= 4 is 0 Å². The molecular weight excluding hydrogens is 202 g/mol. The minimum Gasteiger partial charge on any atom is -0.377 e. The monoisotopic (exact) mass is 223 g/mol. The third-order valence-corrected chi connectivity index (χ3v) is 3.13. The number of aromatic nitrogens is 2. The van der Waals surface area contributed by atoms with Gasteiger partial charge in [0, 0.05) is 6.54 Å². The number of rotatable bonds is 1. The Balaban J connectivity index is 0.000000457. The SMILES string of the molecule is CC.Cc1nn(C2COC2)c2c1CCNC2. The van der Waals surface area contributed by atoms with Gasteiger partial charge in [-0.25, -0.2) is 0 Å². The minimum atomic E-state index is 0.484. The molecule has 0 amide bonds. The van der Waals surface area contributed by atoms with Crippen LogP contribution in [0.4, 0.5) is 0 Å². The molecule has 3 rings (SSSR count). The van der Waals surface area contributed by atoms with Crippen molar-refractivity contribution in [1.82, 2.24) is 15.1 Å². The van der Waals surface area contributed by atoms with Crippen molar-refractivity contribution in [3.8, 4) is 0 Å². The summed E-state index contributed by atoms with van der Waals surface area (Å²) < 4.78 is 7.38. The van der Waals surface area contributed by atoms with Gasteiger partial charge in [-0.2, -0.15) is 5.10 Å². The molecule has 4 heteroatoms. The van der Waals surface area contributed by atoms with E-state index in [4.69, 9.17) is 4.74 Å². The molecule has 0 aliphatic carbocycles. The molecule has 0 bridgehead atoms. The van der Waals surface area contributed by atoms with Gasteiger partial charge in [-0.05, 0) is 25.5 Å². The summed E-state index contributed by atoms with van der Waals surface area (Å²) in [6.45, 7) is 9.81. The Morgan fingerprint density at radius 3 is 2.75 bits per heavy atom. The average Bonchev–Trinajstić information content (AvgIpc) is 2.58. The van der Waals surface area contributed by atoms with Gasteiger partial charge in [0.25, 0.3) is 0 Å². The maximum Gasteiger partial charge on any atom is 0.0989 e. The maximum absolute atomic E-state index is 5.21. The summed E-state index contributed by atoms with van der Waals surface area (Å²) in [6, 6.07) is 0.484. The number of hydrogen-bond acceptors (Lipinski definition) is 3. The van der Waals surface area contributed by atoms with Gasteiger partial charge in [0.05, 0.1) is 30.6 Å². The van der Waals surface area contributed by atoms with E-state index in [1.807, 2.05) is 13.8 Å². The third-order valence-electron chi connectivity index (χ3n) is 3.13. The predicted molar refractivity (Wildman–Crippen MR) is 63.6 cm³/mol. The molecule has 4 nitrogen and oxygen atoms in total. The van der Waals surface area contributed by atoms with Gasteiger partial charge >= 0.3 is 0 Å². The van der Waals surface area contributed by atoms with Gasteiger partial charge in [0.15, 0.2) is 0 Å². The Labute approximate surface area is 97.0 Å². The molecule has 0 spiro atoms. The zero-order valence-electron chi connectivity index (χ0n) is 10.4. The van der Waals surface area contributed by atoms with E-state index in [2.05, 4.69) is 22.0 Å². The third kappa shape index (κ3) is 1.87. The summed E-state index contributed by atoms with van der Waals surface area (Å²) in [5, 5.41) is 8.01. The van der Waals surface area contributed by atoms with E-state index in [-0.39, 0.29) is 0 Å². The van der Waals surface area contributed by atoms with Crippen LogP contribution in [-0.4, -0.2) is 29.5 Å². The molecule has 1 fully saturated rings. The number of hydrogen-bond donors (Lipinski definition) is 1. The Morgan fingerprint density at radius 1 is 1.38 bits per heavy atom. The largest absolute Gasteiger partial charge is 0.377 e. The van der Waals surface area contributed by atoms with Crippen molar-refractivity contribution in [2.75, 3.05) is 19.8 Å². The second-order valence-electron chi connectivity index (χ2n) is 4.07. The summed E-state index contributed by atoms with van der Waals surface area (Å²) in [4.78, 5) is 0. The summed E-state index contributed by atoms with van der Waals surface area (Å²) in [5.74, 6) is 0. The number of aryl methyl sites for hydroxylation is 1. The van der Waals surface area contributed by atoms with E-state index in [1.165, 1.54) is 17.0 Å². The summed E-state index contributed by atoms with van der Waals surface area (Å²) in [6.07, 6.45) is 1.12. The molecule has 2 aliphatic rings. The van der Waals surface area contributed by atoms with Gasteiger partial charge in [0.1, 0.15) is 0 Å². The first kappa shape index (κ1) is 11.6. The smallest absolute Gasteiger partial charge is 0.0989 e. The molecule has 2 aliphatic heterocycles. The molecule has 0 saturated carbocycles. The summed E-state index contributed by atoms with van der Waals surface area (Å²) in [5.41, 5.74) is 4.03. The minimum absolute atomic E-state index is 0.484. The standard InChI is InChI=1S/C10H15N3O.C2H6/c1-7-9-2-3-11-4-10(9)13(12-7)8-5-14-6-8;1-2/h8,11H,2-6H2,1H3;1-2H3. The van der Waals surface area contributed by atoms with Crippen LogP contribution in [0.3, 0.4) is 0 Å². The molecule has 1 aromatic rings. The Morgan fingerprint density at radius 2 is 2.12 bits per heavy atom. The highest BCUT2D eigenvalue weighted by Gasteiger charge is 2.27. The van der Waals surface area contributed by atoms with Crippen LogP contribution in [0.5, 0.6) is 0 Å². The lowest BCUT2D eigenvalue weighted by Crippen LogP contribution is -2.34. The zero-order chi connectivity index (χ0) is 11.5. The first-order chi connectivity index (χ1) is 7.86. The fourth-order valence-electron chi connectivity index (χ4n) is 2.23. The van der Waals surface area contributed by atoms with E-state index in [1.54, 1.807) is 0 Å². The van der Waals surface area contributed by atoms with Crippen molar-refractivity contribution in [2.24, 2.45) is 0 Å². The van der Waals surface area contributed by atoms with Gasteiger partial charge in [-0.3, -0.25) is 4.68 Å². The highest BCUT2D eigenvalue weighted by Crippen LogP contribution is 2.24. The second-order valence-corrected chi connectivity index (χ2v) is 4.07. The van der Waals surface area contributed by atoms with E-state index < -0.39 is 0 Å². The first-order valence-corrected chi connectivity index (χ1v) is 6.21. The molecule has 0 radical (unpaired) electrons. The fraction of sp³-hybridized carbons (Fsp3) is 0.750. The second kappa shape index (κ2) is 4.97. The molecule has 1 saturated heterocycles. The van der Waals surface area contributed by atoms with Crippen LogP contribution in [0.2, 0.25) is 0 Å². The topological polar surface area (TPSA) is 39.1 Å². The van der Waals surface area contributed by atoms with Crippen LogP contribution in [0.1, 0.15) is 36.8 Å². The van der Waals surface area contributed by atoms with Crippen molar-refractivity contribution in [3.05, 3.63) is 17.0 Å². The van der Waals surface area contributed by atoms with E-state index in [0.29, 0.717) is 6.04 Å².